The fourth-order valence-electron chi connectivity index (χ4n) is 2.47. The van der Waals surface area contributed by atoms with Crippen molar-refractivity contribution in [1.29, 1.82) is 0 Å². The molecule has 0 atom stereocenters. The van der Waals surface area contributed by atoms with Crippen molar-refractivity contribution in [3.8, 4) is 5.75 Å². The van der Waals surface area contributed by atoms with E-state index in [0.717, 1.165) is 23.1 Å². The molecular formula is C17H22N2O3. The summed E-state index contributed by atoms with van der Waals surface area (Å²) in [6, 6.07) is 7.34. The third-order valence-corrected chi connectivity index (χ3v) is 3.64. The largest absolute Gasteiger partial charge is 0.497 e. The molecule has 1 heterocycles. The number of pyridine rings is 1. The van der Waals surface area contributed by atoms with Gasteiger partial charge < -0.3 is 14.6 Å². The lowest BCUT2D eigenvalue weighted by atomic mass is 10.1. The number of carbonyl (C=O) groups is 1. The fourth-order valence-corrected chi connectivity index (χ4v) is 2.47. The second kappa shape index (κ2) is 7.11. The molecule has 1 N–H and O–H groups in total. The number of nitrogens with one attached hydrogen (secondary N) is 1. The van der Waals surface area contributed by atoms with Crippen LogP contribution in [0.1, 0.15) is 32.3 Å². The maximum Gasteiger partial charge on any atom is 0.253 e. The molecule has 0 aliphatic heterocycles. The Morgan fingerprint density at radius 1 is 1.27 bits per heavy atom. The van der Waals surface area contributed by atoms with Gasteiger partial charge in [-0.3, -0.25) is 9.59 Å². The van der Waals surface area contributed by atoms with E-state index in [1.165, 1.54) is 0 Å². The van der Waals surface area contributed by atoms with Crippen LogP contribution in [0, 0.1) is 0 Å². The second-order valence-electron chi connectivity index (χ2n) is 5.25. The van der Waals surface area contributed by atoms with E-state index < -0.39 is 0 Å². The Labute approximate surface area is 129 Å². The highest BCUT2D eigenvalue weighted by molar-refractivity contribution is 5.81. The van der Waals surface area contributed by atoms with Crippen LogP contribution in [0.15, 0.2) is 29.1 Å². The molecule has 5 heteroatoms. The first-order valence-corrected chi connectivity index (χ1v) is 7.56. The number of hydrogen-bond donors (Lipinski definition) is 1. The molecule has 0 radical (unpaired) electrons. The van der Waals surface area contributed by atoms with E-state index in [1.807, 2.05) is 38.1 Å². The molecule has 0 unspecified atom stereocenters. The normalized spacial score (nSPS) is 10.7. The highest BCUT2D eigenvalue weighted by Gasteiger charge is 2.13. The van der Waals surface area contributed by atoms with Crippen molar-refractivity contribution in [1.82, 2.24) is 9.88 Å². The average Bonchev–Trinajstić information content (AvgIpc) is 2.53. The lowest BCUT2D eigenvalue weighted by Crippen LogP contribution is -2.32. The topological polar surface area (TPSA) is 62.4 Å². The lowest BCUT2D eigenvalue weighted by molar-refractivity contribution is -0.131. The Kier molecular flexibility index (Phi) is 5.20. The fraction of sp³-hybridized carbons (Fsp3) is 0.412. The monoisotopic (exact) mass is 302 g/mol. The van der Waals surface area contributed by atoms with Gasteiger partial charge in [-0.25, -0.2) is 0 Å². The van der Waals surface area contributed by atoms with E-state index in [0.29, 0.717) is 25.1 Å². The molecule has 0 aliphatic carbocycles. The number of ether oxygens (including phenoxy) is 1. The molecule has 0 aliphatic rings. The molecule has 1 aromatic carbocycles. The molecule has 0 saturated heterocycles. The molecule has 0 spiro atoms. The standard InChI is InChI=1S/C17H22N2O3/c1-4-8-19(16(20)5-2)11-13-9-12-10-14(22-3)6-7-15(12)18-17(13)21/h6-7,9-10H,4-5,8,11H2,1-3H3,(H,18,21). The first-order valence-electron chi connectivity index (χ1n) is 7.56. The third kappa shape index (κ3) is 3.47. The third-order valence-electron chi connectivity index (χ3n) is 3.64. The number of H-pyrrole nitrogens is 1. The summed E-state index contributed by atoms with van der Waals surface area (Å²) in [5.41, 5.74) is 1.21. The second-order valence-corrected chi connectivity index (χ2v) is 5.25. The number of methoxy groups -OCH3 is 1. The smallest absolute Gasteiger partial charge is 0.253 e. The van der Waals surface area contributed by atoms with Gasteiger partial charge in [-0.05, 0) is 30.7 Å². The summed E-state index contributed by atoms with van der Waals surface area (Å²) in [6.07, 6.45) is 1.31. The number of hydrogen-bond acceptors (Lipinski definition) is 3. The zero-order valence-electron chi connectivity index (χ0n) is 13.3. The Hall–Kier alpha value is -2.30. The van der Waals surface area contributed by atoms with E-state index in [4.69, 9.17) is 4.74 Å². The first-order chi connectivity index (χ1) is 10.6. The summed E-state index contributed by atoms with van der Waals surface area (Å²) >= 11 is 0. The van der Waals surface area contributed by atoms with Gasteiger partial charge in [-0.1, -0.05) is 13.8 Å². The molecular weight excluding hydrogens is 280 g/mol. The van der Waals surface area contributed by atoms with E-state index >= 15 is 0 Å². The summed E-state index contributed by atoms with van der Waals surface area (Å²) in [4.78, 5) is 28.8. The molecule has 0 bridgehead atoms. The van der Waals surface area contributed by atoms with E-state index in [9.17, 15) is 9.59 Å². The number of aromatic nitrogens is 1. The van der Waals surface area contributed by atoms with Gasteiger partial charge in [0.05, 0.1) is 13.7 Å². The van der Waals surface area contributed by atoms with Crippen molar-refractivity contribution < 1.29 is 9.53 Å². The predicted octanol–water partition coefficient (Wildman–Crippen LogP) is 2.69. The van der Waals surface area contributed by atoms with Gasteiger partial charge in [0.15, 0.2) is 0 Å². The summed E-state index contributed by atoms with van der Waals surface area (Å²) in [7, 11) is 1.61. The van der Waals surface area contributed by atoms with Crippen LogP contribution in [0.5, 0.6) is 5.75 Å². The molecule has 2 aromatic rings. The van der Waals surface area contributed by atoms with Crippen molar-refractivity contribution in [3.05, 3.63) is 40.2 Å². The molecule has 0 saturated carbocycles. The molecule has 1 aromatic heterocycles. The van der Waals surface area contributed by atoms with E-state index in [-0.39, 0.29) is 11.5 Å². The van der Waals surface area contributed by atoms with Gasteiger partial charge in [0.25, 0.3) is 5.56 Å². The van der Waals surface area contributed by atoms with E-state index in [1.54, 1.807) is 12.0 Å². The van der Waals surface area contributed by atoms with Gasteiger partial charge in [-0.2, -0.15) is 0 Å². The lowest BCUT2D eigenvalue weighted by Gasteiger charge is -2.21. The van der Waals surface area contributed by atoms with Gasteiger partial charge in [0, 0.05) is 29.4 Å². The maximum atomic E-state index is 12.2. The minimum absolute atomic E-state index is 0.0620. The van der Waals surface area contributed by atoms with Crippen LogP contribution in [-0.4, -0.2) is 29.4 Å². The molecule has 2 rings (SSSR count). The summed E-state index contributed by atoms with van der Waals surface area (Å²) in [5, 5.41) is 0.898. The van der Waals surface area contributed by atoms with Crippen molar-refractivity contribution in [2.24, 2.45) is 0 Å². The van der Waals surface area contributed by atoms with Gasteiger partial charge in [0.1, 0.15) is 5.75 Å². The van der Waals surface area contributed by atoms with Crippen molar-refractivity contribution in [3.63, 3.8) is 0 Å². The molecule has 118 valence electrons. The van der Waals surface area contributed by atoms with Crippen molar-refractivity contribution in [2.75, 3.05) is 13.7 Å². The van der Waals surface area contributed by atoms with Crippen LogP contribution in [-0.2, 0) is 11.3 Å². The van der Waals surface area contributed by atoms with Crippen LogP contribution in [0.3, 0.4) is 0 Å². The molecule has 5 nitrogen and oxygen atoms in total. The number of benzene rings is 1. The van der Waals surface area contributed by atoms with Gasteiger partial charge >= 0.3 is 0 Å². The maximum absolute atomic E-state index is 12.2. The van der Waals surface area contributed by atoms with Crippen LogP contribution < -0.4 is 10.3 Å². The molecule has 22 heavy (non-hydrogen) atoms. The predicted molar refractivity (Wildman–Crippen MR) is 87.1 cm³/mol. The SMILES string of the molecule is CCCN(Cc1cc2cc(OC)ccc2[nH]c1=O)C(=O)CC. The minimum atomic E-state index is -0.150. The van der Waals surface area contributed by atoms with Gasteiger partial charge in [-0.15, -0.1) is 0 Å². The van der Waals surface area contributed by atoms with E-state index in [2.05, 4.69) is 4.98 Å². The Balaban J connectivity index is 2.38. The Morgan fingerprint density at radius 3 is 2.68 bits per heavy atom. The highest BCUT2D eigenvalue weighted by Crippen LogP contribution is 2.19. The number of nitrogens with zero attached hydrogens (tertiary/aromatic N) is 1. The molecule has 1 amide bonds. The summed E-state index contributed by atoms with van der Waals surface area (Å²) < 4.78 is 5.21. The summed E-state index contributed by atoms with van der Waals surface area (Å²) in [5.74, 6) is 0.799. The highest BCUT2D eigenvalue weighted by atomic mass is 16.5. The zero-order chi connectivity index (χ0) is 16.1. The number of fused-ring (bicyclic) bond motifs is 1. The Morgan fingerprint density at radius 2 is 2.05 bits per heavy atom. The van der Waals surface area contributed by atoms with Crippen LogP contribution in [0.4, 0.5) is 0 Å². The average molecular weight is 302 g/mol. The van der Waals surface area contributed by atoms with Gasteiger partial charge in [0.2, 0.25) is 5.91 Å². The van der Waals surface area contributed by atoms with Crippen LogP contribution >= 0.6 is 0 Å². The number of carbonyl (C=O) groups excluding carboxylic acids is 1. The van der Waals surface area contributed by atoms with Crippen molar-refractivity contribution >= 4 is 16.8 Å². The number of rotatable bonds is 6. The minimum Gasteiger partial charge on any atom is -0.497 e. The van der Waals surface area contributed by atoms with Crippen LogP contribution in [0.25, 0.3) is 10.9 Å². The first kappa shape index (κ1) is 16.1. The number of aromatic amines is 1. The van der Waals surface area contributed by atoms with Crippen molar-refractivity contribution in [2.45, 2.75) is 33.2 Å². The Bertz CT molecular complexity index is 721. The quantitative estimate of drug-likeness (QED) is 0.892. The molecule has 0 fully saturated rings. The number of amides is 1. The summed E-state index contributed by atoms with van der Waals surface area (Å²) in [6.45, 7) is 4.84. The van der Waals surface area contributed by atoms with Crippen LogP contribution in [0.2, 0.25) is 0 Å². The zero-order valence-corrected chi connectivity index (χ0v) is 13.3.